The smallest absolute Gasteiger partial charge is 0.308 e. The largest absolute Gasteiger partial charge is 0.466 e. The number of nitrogens with one attached hydrogen (secondary N) is 1. The summed E-state index contributed by atoms with van der Waals surface area (Å²) < 4.78 is 5.10. The molecule has 1 fully saturated rings. The van der Waals surface area contributed by atoms with Crippen molar-refractivity contribution >= 4 is 23.3 Å². The summed E-state index contributed by atoms with van der Waals surface area (Å²) in [6, 6.07) is 7.61. The number of ether oxygens (including phenoxy) is 1. The van der Waals surface area contributed by atoms with Crippen molar-refractivity contribution in [3.8, 4) is 6.07 Å². The molecule has 0 heterocycles. The van der Waals surface area contributed by atoms with Crippen LogP contribution in [0.1, 0.15) is 38.2 Å². The van der Waals surface area contributed by atoms with E-state index in [4.69, 9.17) is 21.6 Å². The van der Waals surface area contributed by atoms with Gasteiger partial charge in [-0.15, -0.1) is 0 Å². The first kappa shape index (κ1) is 15.7. The molecule has 1 aromatic rings. The second-order valence-corrected chi connectivity index (χ2v) is 5.67. The highest BCUT2D eigenvalue weighted by Gasteiger charge is 2.28. The summed E-state index contributed by atoms with van der Waals surface area (Å²) >= 11 is 5.93. The number of hydrogen-bond acceptors (Lipinski definition) is 4. The first-order chi connectivity index (χ1) is 10.1. The van der Waals surface area contributed by atoms with E-state index in [9.17, 15) is 4.79 Å². The number of anilines is 1. The highest BCUT2D eigenvalue weighted by Crippen LogP contribution is 2.28. The number of carbonyl (C=O) groups is 1. The van der Waals surface area contributed by atoms with Gasteiger partial charge in [0.1, 0.15) is 6.07 Å². The van der Waals surface area contributed by atoms with Gasteiger partial charge in [0.15, 0.2) is 0 Å². The first-order valence-corrected chi connectivity index (χ1v) is 7.64. The Morgan fingerprint density at radius 2 is 2.33 bits per heavy atom. The zero-order valence-corrected chi connectivity index (χ0v) is 12.8. The molecular weight excluding hydrogens is 288 g/mol. The van der Waals surface area contributed by atoms with Crippen LogP contribution in [0.25, 0.3) is 0 Å². The van der Waals surface area contributed by atoms with Gasteiger partial charge in [0.25, 0.3) is 0 Å². The van der Waals surface area contributed by atoms with E-state index in [0.29, 0.717) is 17.2 Å². The summed E-state index contributed by atoms with van der Waals surface area (Å²) in [7, 11) is 0. The van der Waals surface area contributed by atoms with Crippen LogP contribution in [0.3, 0.4) is 0 Å². The number of nitrogens with zero attached hydrogens (tertiary/aromatic N) is 1. The summed E-state index contributed by atoms with van der Waals surface area (Å²) in [6.45, 7) is 2.25. The van der Waals surface area contributed by atoms with Crippen LogP contribution < -0.4 is 5.32 Å². The van der Waals surface area contributed by atoms with Crippen molar-refractivity contribution in [1.29, 1.82) is 5.26 Å². The zero-order valence-electron chi connectivity index (χ0n) is 12.1. The van der Waals surface area contributed by atoms with Crippen LogP contribution in [0.4, 0.5) is 5.69 Å². The number of nitriles is 1. The zero-order chi connectivity index (χ0) is 15.2. The van der Waals surface area contributed by atoms with E-state index in [1.165, 1.54) is 0 Å². The van der Waals surface area contributed by atoms with Gasteiger partial charge in [-0.2, -0.15) is 5.26 Å². The lowest BCUT2D eigenvalue weighted by molar-refractivity contribution is -0.149. The fraction of sp³-hybridized carbons (Fsp3) is 0.500. The van der Waals surface area contributed by atoms with Crippen molar-refractivity contribution in [2.45, 2.75) is 38.6 Å². The molecule has 1 saturated carbocycles. The third-order valence-corrected chi connectivity index (χ3v) is 4.08. The summed E-state index contributed by atoms with van der Waals surface area (Å²) in [5.41, 5.74) is 1.32. The number of carbonyl (C=O) groups excluding carboxylic acids is 1. The maximum atomic E-state index is 11.8. The van der Waals surface area contributed by atoms with Crippen LogP contribution >= 0.6 is 11.6 Å². The topological polar surface area (TPSA) is 62.1 Å². The molecule has 5 heteroatoms. The lowest BCUT2D eigenvalue weighted by Crippen LogP contribution is -2.32. The van der Waals surface area contributed by atoms with Gasteiger partial charge in [0.2, 0.25) is 0 Å². The van der Waals surface area contributed by atoms with E-state index in [1.54, 1.807) is 12.1 Å². The minimum atomic E-state index is -0.0992. The Hall–Kier alpha value is -1.73. The standard InChI is InChI=1S/C16H19ClN2O2/c1-2-21-16(20)11-4-3-5-13(8-11)19-14-6-7-15(17)12(9-14)10-18/h6-7,9,11,13,19H,2-5,8H2,1H3. The van der Waals surface area contributed by atoms with Gasteiger partial charge >= 0.3 is 5.97 Å². The molecule has 0 saturated heterocycles. The molecule has 0 aromatic heterocycles. The van der Waals surface area contributed by atoms with Gasteiger partial charge in [-0.05, 0) is 44.4 Å². The van der Waals surface area contributed by atoms with Crippen molar-refractivity contribution in [2.24, 2.45) is 5.92 Å². The van der Waals surface area contributed by atoms with Crippen molar-refractivity contribution in [3.63, 3.8) is 0 Å². The third-order valence-electron chi connectivity index (χ3n) is 3.75. The molecule has 4 nitrogen and oxygen atoms in total. The Morgan fingerprint density at radius 1 is 1.52 bits per heavy atom. The predicted molar refractivity (Wildman–Crippen MR) is 82.2 cm³/mol. The molecule has 0 spiro atoms. The van der Waals surface area contributed by atoms with E-state index in [0.717, 1.165) is 31.4 Å². The molecular formula is C16H19ClN2O2. The molecule has 0 aliphatic heterocycles. The Labute approximate surface area is 130 Å². The lowest BCUT2D eigenvalue weighted by Gasteiger charge is -2.29. The molecule has 1 aromatic carbocycles. The Kier molecular flexibility index (Phi) is 5.46. The molecule has 112 valence electrons. The van der Waals surface area contributed by atoms with Crippen molar-refractivity contribution in [2.75, 3.05) is 11.9 Å². The van der Waals surface area contributed by atoms with Crippen LogP contribution in [0, 0.1) is 17.2 Å². The van der Waals surface area contributed by atoms with Gasteiger partial charge in [-0.3, -0.25) is 4.79 Å². The molecule has 2 atom stereocenters. The van der Waals surface area contributed by atoms with Crippen LogP contribution in [-0.2, 0) is 9.53 Å². The summed E-state index contributed by atoms with van der Waals surface area (Å²) in [5.74, 6) is -0.128. The van der Waals surface area contributed by atoms with E-state index in [-0.39, 0.29) is 17.9 Å². The van der Waals surface area contributed by atoms with Crippen LogP contribution in [0.15, 0.2) is 18.2 Å². The number of rotatable bonds is 4. The van der Waals surface area contributed by atoms with Crippen molar-refractivity contribution < 1.29 is 9.53 Å². The van der Waals surface area contributed by atoms with E-state index >= 15 is 0 Å². The van der Waals surface area contributed by atoms with Gasteiger partial charge in [-0.25, -0.2) is 0 Å². The van der Waals surface area contributed by atoms with Gasteiger partial charge in [0, 0.05) is 11.7 Å². The second-order valence-electron chi connectivity index (χ2n) is 5.26. The first-order valence-electron chi connectivity index (χ1n) is 7.26. The van der Waals surface area contributed by atoms with E-state index < -0.39 is 0 Å². The number of benzene rings is 1. The van der Waals surface area contributed by atoms with Crippen molar-refractivity contribution in [3.05, 3.63) is 28.8 Å². The number of esters is 1. The lowest BCUT2D eigenvalue weighted by atomic mass is 9.85. The van der Waals surface area contributed by atoms with Crippen LogP contribution in [-0.4, -0.2) is 18.6 Å². The Morgan fingerprint density at radius 3 is 3.05 bits per heavy atom. The second kappa shape index (κ2) is 7.33. The average Bonchev–Trinajstić information content (AvgIpc) is 2.50. The average molecular weight is 307 g/mol. The molecule has 0 radical (unpaired) electrons. The fourth-order valence-electron chi connectivity index (χ4n) is 2.73. The molecule has 0 amide bonds. The Bertz CT molecular complexity index is 554. The minimum absolute atomic E-state index is 0.0288. The summed E-state index contributed by atoms with van der Waals surface area (Å²) in [4.78, 5) is 11.8. The van der Waals surface area contributed by atoms with Crippen LogP contribution in [0.2, 0.25) is 5.02 Å². The molecule has 2 unspecified atom stereocenters. The maximum Gasteiger partial charge on any atom is 0.308 e. The summed E-state index contributed by atoms with van der Waals surface area (Å²) in [5, 5.41) is 12.8. The van der Waals surface area contributed by atoms with Crippen molar-refractivity contribution in [1.82, 2.24) is 0 Å². The van der Waals surface area contributed by atoms with Gasteiger partial charge in [0.05, 0.1) is 23.1 Å². The number of hydrogen-bond donors (Lipinski definition) is 1. The monoisotopic (exact) mass is 306 g/mol. The van der Waals surface area contributed by atoms with Crippen LogP contribution in [0.5, 0.6) is 0 Å². The van der Waals surface area contributed by atoms with Gasteiger partial charge < -0.3 is 10.1 Å². The molecule has 0 bridgehead atoms. The molecule has 1 aliphatic rings. The predicted octanol–water partition coefficient (Wildman–Crippen LogP) is 3.75. The molecule has 2 rings (SSSR count). The highest BCUT2D eigenvalue weighted by molar-refractivity contribution is 6.31. The molecule has 1 aliphatic carbocycles. The fourth-order valence-corrected chi connectivity index (χ4v) is 2.89. The highest BCUT2D eigenvalue weighted by atomic mass is 35.5. The maximum absolute atomic E-state index is 11.8. The van der Waals surface area contributed by atoms with E-state index in [1.807, 2.05) is 13.0 Å². The molecule has 21 heavy (non-hydrogen) atoms. The Balaban J connectivity index is 1.99. The SMILES string of the molecule is CCOC(=O)C1CCCC(Nc2ccc(Cl)c(C#N)c2)C1. The summed E-state index contributed by atoms with van der Waals surface area (Å²) in [6.07, 6.45) is 3.67. The minimum Gasteiger partial charge on any atom is -0.466 e. The van der Waals surface area contributed by atoms with E-state index in [2.05, 4.69) is 11.4 Å². The quantitative estimate of drug-likeness (QED) is 0.861. The normalized spacial score (nSPS) is 21.4. The third kappa shape index (κ3) is 4.12. The molecule has 1 N–H and O–H groups in total. The number of halogens is 1. The van der Waals surface area contributed by atoms with Gasteiger partial charge in [-0.1, -0.05) is 18.0 Å².